The Bertz CT molecular complexity index is 581. The predicted octanol–water partition coefficient (Wildman–Crippen LogP) is 0.950. The number of amides is 2. The van der Waals surface area contributed by atoms with Crippen LogP contribution in [-0.4, -0.2) is 60.8 Å². The summed E-state index contributed by atoms with van der Waals surface area (Å²) < 4.78 is 19.2. The zero-order valence-corrected chi connectivity index (χ0v) is 16.0. The van der Waals surface area contributed by atoms with Crippen molar-refractivity contribution >= 4 is 23.4 Å². The van der Waals surface area contributed by atoms with Crippen molar-refractivity contribution in [1.29, 1.82) is 0 Å². The van der Waals surface area contributed by atoms with Crippen molar-refractivity contribution in [2.75, 3.05) is 19.8 Å². The first-order valence-electron chi connectivity index (χ1n) is 9.76. The lowest BCUT2D eigenvalue weighted by atomic mass is 9.39. The molecule has 4 unspecified atom stereocenters. The SMILES string of the molecule is O=C(COC1CCC(Cl)C(F)C1)NC12CC(C(=O)NCC3CCON3)(C1)C2. The fraction of sp³-hybridized carbons (Fsp3) is 0.889. The standard InChI is InChI=1S/C18H27ClFN3O4/c19-13-2-1-12(5-14(13)20)26-7-15(24)22-18-8-17(9-18,10-18)16(25)21-6-11-3-4-27-23-11/h11-14,23H,1-10H2,(H,21,25)(H,22,24). The van der Waals surface area contributed by atoms with E-state index in [1.807, 2.05) is 0 Å². The summed E-state index contributed by atoms with van der Waals surface area (Å²) in [6.45, 7) is 1.16. The minimum Gasteiger partial charge on any atom is -0.368 e. The summed E-state index contributed by atoms with van der Waals surface area (Å²) >= 11 is 5.86. The van der Waals surface area contributed by atoms with E-state index in [2.05, 4.69) is 16.1 Å². The van der Waals surface area contributed by atoms with E-state index in [0.717, 1.165) is 6.42 Å². The Labute approximate surface area is 163 Å². The van der Waals surface area contributed by atoms with E-state index in [4.69, 9.17) is 21.2 Å². The van der Waals surface area contributed by atoms with Gasteiger partial charge < -0.3 is 20.2 Å². The Morgan fingerprint density at radius 3 is 2.70 bits per heavy atom. The number of ether oxygens (including phenoxy) is 1. The van der Waals surface area contributed by atoms with E-state index in [0.29, 0.717) is 45.3 Å². The number of hydrogen-bond acceptors (Lipinski definition) is 5. The summed E-state index contributed by atoms with van der Waals surface area (Å²) in [5.41, 5.74) is 2.29. The molecular weight excluding hydrogens is 377 g/mol. The third-order valence-electron chi connectivity index (χ3n) is 6.34. The molecule has 5 rings (SSSR count). The van der Waals surface area contributed by atoms with Crippen molar-refractivity contribution in [2.45, 2.75) is 74.2 Å². The number of halogens is 2. The van der Waals surface area contributed by atoms with Crippen LogP contribution >= 0.6 is 11.6 Å². The van der Waals surface area contributed by atoms with Gasteiger partial charge >= 0.3 is 0 Å². The highest BCUT2D eigenvalue weighted by Crippen LogP contribution is 2.67. The zero-order chi connectivity index (χ0) is 19.1. The highest BCUT2D eigenvalue weighted by molar-refractivity contribution is 6.21. The summed E-state index contributed by atoms with van der Waals surface area (Å²) in [5, 5.41) is 5.54. The van der Waals surface area contributed by atoms with Gasteiger partial charge in [-0.05, 0) is 38.5 Å². The lowest BCUT2D eigenvalue weighted by Gasteiger charge is -2.69. The minimum atomic E-state index is -1.07. The molecule has 0 radical (unpaired) electrons. The summed E-state index contributed by atoms with van der Waals surface area (Å²) in [6, 6.07) is 0.171. The lowest BCUT2D eigenvalue weighted by molar-refractivity contribution is -0.184. The van der Waals surface area contributed by atoms with Crippen molar-refractivity contribution in [3.8, 4) is 0 Å². The Morgan fingerprint density at radius 1 is 1.26 bits per heavy atom. The smallest absolute Gasteiger partial charge is 0.246 e. The van der Waals surface area contributed by atoms with Gasteiger partial charge in [0.25, 0.3) is 0 Å². The molecule has 152 valence electrons. The predicted molar refractivity (Wildman–Crippen MR) is 95.8 cm³/mol. The van der Waals surface area contributed by atoms with Crippen molar-refractivity contribution in [3.63, 3.8) is 0 Å². The van der Waals surface area contributed by atoms with Crippen LogP contribution in [0.2, 0.25) is 0 Å². The van der Waals surface area contributed by atoms with Crippen molar-refractivity contribution in [3.05, 3.63) is 0 Å². The third-order valence-corrected chi connectivity index (χ3v) is 6.83. The lowest BCUT2D eigenvalue weighted by Crippen LogP contribution is -2.78. The number of alkyl halides is 2. The van der Waals surface area contributed by atoms with Crippen LogP contribution in [0.4, 0.5) is 4.39 Å². The zero-order valence-electron chi connectivity index (χ0n) is 15.3. The van der Waals surface area contributed by atoms with Gasteiger partial charge in [0.15, 0.2) is 0 Å². The fourth-order valence-corrected chi connectivity index (χ4v) is 5.09. The quantitative estimate of drug-likeness (QED) is 0.551. The molecule has 4 aliphatic carbocycles. The van der Waals surface area contributed by atoms with Crippen LogP contribution in [0.1, 0.15) is 44.9 Å². The van der Waals surface area contributed by atoms with Crippen LogP contribution in [0.3, 0.4) is 0 Å². The van der Waals surface area contributed by atoms with Gasteiger partial charge in [-0.3, -0.25) is 9.59 Å². The van der Waals surface area contributed by atoms with E-state index in [9.17, 15) is 14.0 Å². The average Bonchev–Trinajstić information content (AvgIpc) is 3.09. The van der Waals surface area contributed by atoms with E-state index < -0.39 is 11.5 Å². The van der Waals surface area contributed by atoms with Crippen LogP contribution in [0.5, 0.6) is 0 Å². The maximum atomic E-state index is 13.6. The fourth-order valence-electron chi connectivity index (χ4n) is 4.86. The molecule has 4 saturated carbocycles. The van der Waals surface area contributed by atoms with Gasteiger partial charge in [-0.15, -0.1) is 11.6 Å². The summed E-state index contributed by atoms with van der Waals surface area (Å²) in [6.07, 6.45) is 3.09. The number of hydroxylamine groups is 1. The second-order valence-electron chi connectivity index (χ2n) is 8.58. The first-order valence-corrected chi connectivity index (χ1v) is 10.2. The summed E-state index contributed by atoms with van der Waals surface area (Å²) in [7, 11) is 0. The maximum absolute atomic E-state index is 13.6. The normalized spacial score (nSPS) is 42.7. The number of hydrogen-bond donors (Lipinski definition) is 3. The number of carbonyl (C=O) groups excluding carboxylic acids is 2. The molecule has 0 aromatic rings. The van der Waals surface area contributed by atoms with E-state index in [-0.39, 0.29) is 47.9 Å². The molecule has 3 N–H and O–H groups in total. The van der Waals surface area contributed by atoms with E-state index >= 15 is 0 Å². The van der Waals surface area contributed by atoms with Gasteiger partial charge in [0.05, 0.1) is 29.5 Å². The van der Waals surface area contributed by atoms with Gasteiger partial charge in [-0.25, -0.2) is 4.39 Å². The molecule has 2 bridgehead atoms. The third kappa shape index (κ3) is 3.95. The van der Waals surface area contributed by atoms with Crippen LogP contribution in [-0.2, 0) is 19.2 Å². The molecule has 5 aliphatic rings. The number of rotatable bonds is 7. The van der Waals surface area contributed by atoms with Gasteiger partial charge in [0.1, 0.15) is 12.8 Å². The molecule has 7 nitrogen and oxygen atoms in total. The van der Waals surface area contributed by atoms with Crippen LogP contribution in [0.15, 0.2) is 0 Å². The molecule has 27 heavy (non-hydrogen) atoms. The molecular formula is C18H27ClFN3O4. The van der Waals surface area contributed by atoms with Crippen LogP contribution in [0, 0.1) is 5.41 Å². The van der Waals surface area contributed by atoms with Gasteiger partial charge in [0, 0.05) is 18.5 Å². The summed E-state index contributed by atoms with van der Waals surface area (Å²) in [5.74, 6) is -0.130. The molecule has 1 heterocycles. The topological polar surface area (TPSA) is 88.7 Å². The summed E-state index contributed by atoms with van der Waals surface area (Å²) in [4.78, 5) is 29.6. The Morgan fingerprint density at radius 2 is 2.04 bits per heavy atom. The van der Waals surface area contributed by atoms with Crippen LogP contribution in [0.25, 0.3) is 0 Å². The highest BCUT2D eigenvalue weighted by atomic mass is 35.5. The monoisotopic (exact) mass is 403 g/mol. The van der Waals surface area contributed by atoms with Crippen molar-refractivity contribution < 1.29 is 23.6 Å². The largest absolute Gasteiger partial charge is 0.368 e. The van der Waals surface area contributed by atoms with Crippen LogP contribution < -0.4 is 16.1 Å². The van der Waals surface area contributed by atoms with Crippen molar-refractivity contribution in [2.24, 2.45) is 5.41 Å². The molecule has 1 aliphatic heterocycles. The number of nitrogens with one attached hydrogen (secondary N) is 3. The first kappa shape index (κ1) is 19.4. The van der Waals surface area contributed by atoms with E-state index in [1.165, 1.54) is 0 Å². The Balaban J connectivity index is 1.14. The molecule has 0 spiro atoms. The van der Waals surface area contributed by atoms with Gasteiger partial charge in [-0.1, -0.05) is 0 Å². The number of carbonyl (C=O) groups is 2. The molecule has 0 aromatic heterocycles. The average molecular weight is 404 g/mol. The maximum Gasteiger partial charge on any atom is 0.246 e. The second-order valence-corrected chi connectivity index (χ2v) is 9.14. The highest BCUT2D eigenvalue weighted by Gasteiger charge is 2.72. The molecule has 4 atom stereocenters. The molecule has 2 amide bonds. The second kappa shape index (κ2) is 7.46. The van der Waals surface area contributed by atoms with Gasteiger partial charge in [-0.2, -0.15) is 5.48 Å². The minimum absolute atomic E-state index is 0.0652. The van der Waals surface area contributed by atoms with Gasteiger partial charge in [0.2, 0.25) is 11.8 Å². The molecule has 0 aromatic carbocycles. The van der Waals surface area contributed by atoms with Crippen molar-refractivity contribution in [1.82, 2.24) is 16.1 Å². The Kier molecular flexibility index (Phi) is 5.35. The van der Waals surface area contributed by atoms with E-state index in [1.54, 1.807) is 0 Å². The first-order chi connectivity index (χ1) is 12.9. The molecule has 1 saturated heterocycles. The molecule has 5 fully saturated rings. The Hall–Kier alpha value is -0.960. The molecule has 9 heteroatoms.